The van der Waals surface area contributed by atoms with Gasteiger partial charge in [0.2, 0.25) is 0 Å². The molecule has 0 atom stereocenters. The molecule has 4 aromatic rings. The first-order valence-corrected chi connectivity index (χ1v) is 12.5. The molecule has 1 heterocycles. The standard InChI is InChI=1S/C34H29NO/c1-24-13-7-4-12-18-28-29(34(24,2)3)20-22-32-33(28)35(27-16-10-6-11-17-27)30-23-26(19-21-31(30)36-32)25-14-8-5-9-15-25/h4-17,19-23H,1,18H2,2-3H3/b12-4-,13-7-. The van der Waals surface area contributed by atoms with E-state index in [9.17, 15) is 0 Å². The maximum Gasteiger partial charge on any atom is 0.151 e. The molecule has 176 valence electrons. The molecule has 4 aromatic carbocycles. The summed E-state index contributed by atoms with van der Waals surface area (Å²) >= 11 is 0. The van der Waals surface area contributed by atoms with Crippen molar-refractivity contribution in [2.75, 3.05) is 4.90 Å². The molecule has 2 heteroatoms. The van der Waals surface area contributed by atoms with E-state index in [1.54, 1.807) is 0 Å². The predicted molar refractivity (Wildman–Crippen MR) is 151 cm³/mol. The van der Waals surface area contributed by atoms with Crippen LogP contribution in [0, 0.1) is 0 Å². The predicted octanol–water partition coefficient (Wildman–Crippen LogP) is 9.43. The van der Waals surface area contributed by atoms with Gasteiger partial charge in [-0.3, -0.25) is 0 Å². The molecule has 0 N–H and O–H groups in total. The largest absolute Gasteiger partial charge is 0.453 e. The molecule has 0 unspecified atom stereocenters. The van der Waals surface area contributed by atoms with Crippen LogP contribution in [-0.2, 0) is 11.8 Å². The molecule has 0 radical (unpaired) electrons. The van der Waals surface area contributed by atoms with Crippen molar-refractivity contribution in [2.45, 2.75) is 25.7 Å². The van der Waals surface area contributed by atoms with E-state index in [0.29, 0.717) is 0 Å². The quantitative estimate of drug-likeness (QED) is 0.256. The summed E-state index contributed by atoms with van der Waals surface area (Å²) in [7, 11) is 0. The number of nitrogens with zero attached hydrogens (tertiary/aromatic N) is 1. The third-order valence-corrected chi connectivity index (χ3v) is 7.35. The van der Waals surface area contributed by atoms with Crippen molar-refractivity contribution in [3.05, 3.63) is 139 Å². The van der Waals surface area contributed by atoms with Gasteiger partial charge >= 0.3 is 0 Å². The van der Waals surface area contributed by atoms with Crippen LogP contribution in [0.15, 0.2) is 127 Å². The van der Waals surface area contributed by atoms with Gasteiger partial charge in [-0.2, -0.15) is 0 Å². The Labute approximate surface area is 213 Å². The molecule has 0 amide bonds. The minimum absolute atomic E-state index is 0.221. The van der Waals surface area contributed by atoms with Crippen molar-refractivity contribution in [1.29, 1.82) is 0 Å². The molecule has 6 rings (SSSR count). The highest BCUT2D eigenvalue weighted by molar-refractivity contribution is 5.90. The molecular formula is C34H29NO. The molecule has 0 saturated carbocycles. The summed E-state index contributed by atoms with van der Waals surface area (Å²) in [6.45, 7) is 8.93. The number of benzene rings is 4. The summed E-state index contributed by atoms with van der Waals surface area (Å²) in [6.07, 6.45) is 9.37. The number of fused-ring (bicyclic) bond motifs is 4. The zero-order valence-electron chi connectivity index (χ0n) is 20.7. The minimum atomic E-state index is -0.221. The van der Waals surface area contributed by atoms with Crippen molar-refractivity contribution in [2.24, 2.45) is 0 Å². The topological polar surface area (TPSA) is 12.5 Å². The highest BCUT2D eigenvalue weighted by atomic mass is 16.5. The highest BCUT2D eigenvalue weighted by Gasteiger charge is 2.34. The first kappa shape index (κ1) is 22.2. The second-order valence-corrected chi connectivity index (χ2v) is 9.90. The van der Waals surface area contributed by atoms with Gasteiger partial charge < -0.3 is 9.64 Å². The maximum absolute atomic E-state index is 6.58. The molecule has 1 aliphatic heterocycles. The van der Waals surface area contributed by atoms with E-state index in [2.05, 4.69) is 141 Å². The minimum Gasteiger partial charge on any atom is -0.453 e. The van der Waals surface area contributed by atoms with Gasteiger partial charge in [0.1, 0.15) is 0 Å². The summed E-state index contributed by atoms with van der Waals surface area (Å²) in [5.41, 5.74) is 9.01. The van der Waals surface area contributed by atoms with E-state index >= 15 is 0 Å². The van der Waals surface area contributed by atoms with E-state index in [-0.39, 0.29) is 5.41 Å². The van der Waals surface area contributed by atoms with Crippen LogP contribution in [-0.4, -0.2) is 0 Å². The molecule has 0 aromatic heterocycles. The fourth-order valence-corrected chi connectivity index (χ4v) is 5.22. The summed E-state index contributed by atoms with van der Waals surface area (Å²) in [6, 6.07) is 31.9. The molecule has 0 spiro atoms. The van der Waals surface area contributed by atoms with Gasteiger partial charge in [-0.25, -0.2) is 0 Å². The molecule has 1 aliphatic carbocycles. The lowest BCUT2D eigenvalue weighted by atomic mass is 9.75. The van der Waals surface area contributed by atoms with Gasteiger partial charge in [0.15, 0.2) is 11.5 Å². The third kappa shape index (κ3) is 3.67. The second kappa shape index (κ2) is 8.73. The Bertz CT molecular complexity index is 1510. The smallest absolute Gasteiger partial charge is 0.151 e. The fourth-order valence-electron chi connectivity index (χ4n) is 5.22. The van der Waals surface area contributed by atoms with Crippen LogP contribution in [0.25, 0.3) is 11.1 Å². The Morgan fingerprint density at radius 1 is 0.778 bits per heavy atom. The van der Waals surface area contributed by atoms with E-state index in [1.807, 2.05) is 0 Å². The molecular weight excluding hydrogens is 438 g/mol. The third-order valence-electron chi connectivity index (χ3n) is 7.35. The lowest BCUT2D eigenvalue weighted by molar-refractivity contribution is 0.475. The summed E-state index contributed by atoms with van der Waals surface area (Å²) in [5.74, 6) is 1.73. The van der Waals surface area contributed by atoms with Crippen molar-refractivity contribution < 1.29 is 4.74 Å². The van der Waals surface area contributed by atoms with Crippen molar-refractivity contribution in [1.82, 2.24) is 0 Å². The average Bonchev–Trinajstić information content (AvgIpc) is 2.96. The van der Waals surface area contributed by atoms with E-state index in [1.165, 1.54) is 16.7 Å². The number of ether oxygens (including phenoxy) is 1. The van der Waals surface area contributed by atoms with Crippen LogP contribution in [0.2, 0.25) is 0 Å². The maximum atomic E-state index is 6.58. The Hall–Kier alpha value is -4.30. The molecule has 0 saturated heterocycles. The Kier molecular flexibility index (Phi) is 5.38. The van der Waals surface area contributed by atoms with Crippen molar-refractivity contribution in [3.63, 3.8) is 0 Å². The summed E-state index contributed by atoms with van der Waals surface area (Å²) < 4.78 is 6.58. The van der Waals surface area contributed by atoms with Crippen LogP contribution in [0.5, 0.6) is 11.5 Å². The Balaban J connectivity index is 1.62. The van der Waals surface area contributed by atoms with Crippen molar-refractivity contribution >= 4 is 17.1 Å². The monoisotopic (exact) mass is 467 g/mol. The molecule has 0 bridgehead atoms. The average molecular weight is 468 g/mol. The Morgan fingerprint density at radius 2 is 1.50 bits per heavy atom. The normalized spacial score (nSPS) is 17.4. The van der Waals surface area contributed by atoms with Crippen LogP contribution in [0.3, 0.4) is 0 Å². The number of hydrogen-bond acceptors (Lipinski definition) is 2. The van der Waals surface area contributed by atoms with Crippen LogP contribution >= 0.6 is 0 Å². The van der Waals surface area contributed by atoms with E-state index in [0.717, 1.165) is 46.1 Å². The van der Waals surface area contributed by atoms with Gasteiger partial charge in [0.05, 0.1) is 11.4 Å². The van der Waals surface area contributed by atoms with Crippen LogP contribution in [0.4, 0.5) is 17.1 Å². The first-order chi connectivity index (χ1) is 17.5. The van der Waals surface area contributed by atoms with Gasteiger partial charge in [-0.15, -0.1) is 0 Å². The van der Waals surface area contributed by atoms with Crippen LogP contribution in [0.1, 0.15) is 25.0 Å². The number of rotatable bonds is 2. The lowest BCUT2D eigenvalue weighted by Gasteiger charge is -2.38. The van der Waals surface area contributed by atoms with Gasteiger partial charge in [-0.05, 0) is 64.6 Å². The molecule has 2 nitrogen and oxygen atoms in total. The second-order valence-electron chi connectivity index (χ2n) is 9.90. The van der Waals surface area contributed by atoms with E-state index < -0.39 is 0 Å². The van der Waals surface area contributed by atoms with Gasteiger partial charge in [-0.1, -0.05) is 105 Å². The molecule has 36 heavy (non-hydrogen) atoms. The highest BCUT2D eigenvalue weighted by Crippen LogP contribution is 2.54. The number of anilines is 3. The van der Waals surface area contributed by atoms with E-state index in [4.69, 9.17) is 4.74 Å². The number of para-hydroxylation sites is 1. The van der Waals surface area contributed by atoms with Gasteiger partial charge in [0, 0.05) is 11.1 Å². The van der Waals surface area contributed by atoms with Crippen LogP contribution < -0.4 is 9.64 Å². The first-order valence-electron chi connectivity index (χ1n) is 12.5. The zero-order valence-corrected chi connectivity index (χ0v) is 20.7. The SMILES string of the molecule is C=C1/C=C\C=C/Cc2c(ccc3c2N(c2ccccc2)c2cc(-c4ccccc4)ccc2O3)C1(C)C. The van der Waals surface area contributed by atoms with Crippen molar-refractivity contribution in [3.8, 4) is 22.6 Å². The summed E-state index contributed by atoms with van der Waals surface area (Å²) in [4.78, 5) is 2.37. The summed E-state index contributed by atoms with van der Waals surface area (Å²) in [5, 5.41) is 0. The lowest BCUT2D eigenvalue weighted by Crippen LogP contribution is -2.24. The molecule has 0 fully saturated rings. The molecule has 2 aliphatic rings. The number of hydrogen-bond donors (Lipinski definition) is 0. The van der Waals surface area contributed by atoms with Gasteiger partial charge in [0.25, 0.3) is 0 Å². The fraction of sp³-hybridized carbons (Fsp3) is 0.118. The Morgan fingerprint density at radius 3 is 2.28 bits per heavy atom. The number of allylic oxidation sites excluding steroid dienone is 5. The zero-order chi connectivity index (χ0) is 24.7.